The summed E-state index contributed by atoms with van der Waals surface area (Å²) in [7, 11) is -3.50. The Morgan fingerprint density at radius 2 is 1.74 bits per heavy atom. The van der Waals surface area contributed by atoms with Crippen molar-refractivity contribution in [1.82, 2.24) is 14.4 Å². The van der Waals surface area contributed by atoms with Crippen molar-refractivity contribution < 1.29 is 8.42 Å². The van der Waals surface area contributed by atoms with Crippen LogP contribution in [-0.4, -0.2) is 34.8 Å². The summed E-state index contributed by atoms with van der Waals surface area (Å²) in [6.45, 7) is 2.10. The molecule has 6 nitrogen and oxygen atoms in total. The minimum absolute atomic E-state index is 0.382. The van der Waals surface area contributed by atoms with Gasteiger partial charge in [0, 0.05) is 18.8 Å². The first-order valence-electron chi connectivity index (χ1n) is 8.82. The van der Waals surface area contributed by atoms with Gasteiger partial charge in [-0.15, -0.1) is 0 Å². The van der Waals surface area contributed by atoms with Crippen LogP contribution in [0.2, 0.25) is 0 Å². The average molecular weight is 380 g/mol. The highest BCUT2D eigenvalue weighted by Gasteiger charge is 2.34. The van der Waals surface area contributed by atoms with E-state index >= 15 is 0 Å². The predicted molar refractivity (Wildman–Crippen MR) is 106 cm³/mol. The Morgan fingerprint density at radius 3 is 2.41 bits per heavy atom. The van der Waals surface area contributed by atoms with Crippen molar-refractivity contribution in [2.45, 2.75) is 25.8 Å². The molecule has 0 N–H and O–H groups in total. The van der Waals surface area contributed by atoms with Crippen molar-refractivity contribution >= 4 is 26.8 Å². The highest BCUT2D eigenvalue weighted by atomic mass is 32.2. The summed E-state index contributed by atoms with van der Waals surface area (Å²) < 4.78 is 25.9. The van der Waals surface area contributed by atoms with Crippen LogP contribution in [0.4, 0.5) is 0 Å². The summed E-state index contributed by atoms with van der Waals surface area (Å²) in [6, 6.07) is 13.4. The molecule has 4 rings (SSSR count). The van der Waals surface area contributed by atoms with E-state index < -0.39 is 10.0 Å². The van der Waals surface area contributed by atoms with E-state index in [4.69, 9.17) is 0 Å². The van der Waals surface area contributed by atoms with Crippen molar-refractivity contribution in [3.63, 3.8) is 0 Å². The quantitative estimate of drug-likeness (QED) is 0.696. The Morgan fingerprint density at radius 1 is 1.04 bits per heavy atom. The van der Waals surface area contributed by atoms with Crippen molar-refractivity contribution in [1.29, 1.82) is 0 Å². The fraction of sp³-hybridized carbons (Fsp3) is 0.250. The molecule has 0 fully saturated rings. The monoisotopic (exact) mass is 380 g/mol. The Labute approximate surface area is 158 Å². The molecule has 0 radical (unpaired) electrons. The number of hydrogen-bond donors (Lipinski definition) is 0. The van der Waals surface area contributed by atoms with E-state index in [1.54, 1.807) is 12.4 Å². The summed E-state index contributed by atoms with van der Waals surface area (Å²) in [5, 5.41) is 4.45. The van der Waals surface area contributed by atoms with Gasteiger partial charge in [0.2, 0.25) is 10.0 Å². The molecule has 7 heteroatoms. The lowest BCUT2D eigenvalue weighted by Gasteiger charge is -2.21. The number of sulfonamides is 1. The van der Waals surface area contributed by atoms with Gasteiger partial charge in [0.25, 0.3) is 0 Å². The van der Waals surface area contributed by atoms with Crippen LogP contribution in [-0.2, 0) is 16.4 Å². The highest BCUT2D eigenvalue weighted by molar-refractivity contribution is 7.88. The van der Waals surface area contributed by atoms with Gasteiger partial charge in [0.05, 0.1) is 29.0 Å². The molecule has 138 valence electrons. The summed E-state index contributed by atoms with van der Waals surface area (Å²) in [6.07, 6.45) is 5.94. The van der Waals surface area contributed by atoms with Gasteiger partial charge in [-0.05, 0) is 35.2 Å². The molecule has 0 amide bonds. The number of benzene rings is 2. The molecule has 1 atom stereocenters. The molecule has 27 heavy (non-hydrogen) atoms. The highest BCUT2D eigenvalue weighted by Crippen LogP contribution is 2.35. The molecule has 0 aliphatic carbocycles. The van der Waals surface area contributed by atoms with Crippen molar-refractivity contribution in [3.05, 3.63) is 71.5 Å². The number of aromatic nitrogens is 2. The largest absolute Gasteiger partial charge is 0.253 e. The summed E-state index contributed by atoms with van der Waals surface area (Å²) in [4.78, 5) is 8.60. The second kappa shape index (κ2) is 6.74. The van der Waals surface area contributed by atoms with E-state index in [2.05, 4.69) is 34.1 Å². The molecule has 3 aromatic rings. The lowest BCUT2D eigenvalue weighted by molar-refractivity contribution is 0.375. The standard InChI is InChI=1S/C20H20N4O2S/c1-3-14-4-6-15(7-5-14)18-13-20(24(23-18)27(2,25)26)16-8-9-17-19(12-16)22-11-10-21-17/h4-12,20H,3,13H2,1-2H3/t20-/m0/s1. The van der Waals surface area contributed by atoms with Crippen LogP contribution in [0.3, 0.4) is 0 Å². The molecule has 1 aromatic heterocycles. The van der Waals surface area contributed by atoms with Crippen LogP contribution in [0.5, 0.6) is 0 Å². The summed E-state index contributed by atoms with van der Waals surface area (Å²) in [5.74, 6) is 0. The van der Waals surface area contributed by atoms with E-state index in [1.165, 1.54) is 16.2 Å². The Balaban J connectivity index is 1.73. The first-order valence-corrected chi connectivity index (χ1v) is 10.7. The van der Waals surface area contributed by atoms with Gasteiger partial charge in [0.15, 0.2) is 0 Å². The maximum absolute atomic E-state index is 12.3. The van der Waals surface area contributed by atoms with Gasteiger partial charge in [-0.2, -0.15) is 9.52 Å². The molecule has 2 aromatic carbocycles. The number of rotatable bonds is 4. The second-order valence-electron chi connectivity index (χ2n) is 6.66. The first kappa shape index (κ1) is 17.6. The van der Waals surface area contributed by atoms with E-state index in [9.17, 15) is 8.42 Å². The van der Waals surface area contributed by atoms with Gasteiger partial charge < -0.3 is 0 Å². The lowest BCUT2D eigenvalue weighted by Crippen LogP contribution is -2.25. The fourth-order valence-corrected chi connectivity index (χ4v) is 4.24. The van der Waals surface area contributed by atoms with Crippen LogP contribution < -0.4 is 0 Å². The SMILES string of the molecule is CCc1ccc(C2=NN(S(C)(=O)=O)[C@H](c3ccc4nccnc4c3)C2)cc1. The second-order valence-corrected chi connectivity index (χ2v) is 8.50. The molecular weight excluding hydrogens is 360 g/mol. The lowest BCUT2D eigenvalue weighted by atomic mass is 9.98. The van der Waals surface area contributed by atoms with Crippen LogP contribution >= 0.6 is 0 Å². The fourth-order valence-electron chi connectivity index (χ4n) is 3.34. The Bertz CT molecular complexity index is 1120. The minimum atomic E-state index is -3.50. The van der Waals surface area contributed by atoms with Crippen molar-refractivity contribution in [2.75, 3.05) is 6.26 Å². The molecule has 0 unspecified atom stereocenters. The zero-order valence-electron chi connectivity index (χ0n) is 15.2. The Kier molecular flexibility index (Phi) is 4.39. The van der Waals surface area contributed by atoms with E-state index in [0.29, 0.717) is 6.42 Å². The van der Waals surface area contributed by atoms with Gasteiger partial charge in [-0.1, -0.05) is 37.3 Å². The zero-order valence-corrected chi connectivity index (χ0v) is 16.0. The number of hydrazone groups is 1. The predicted octanol–water partition coefficient (Wildman–Crippen LogP) is 3.30. The maximum atomic E-state index is 12.3. The number of aryl methyl sites for hydroxylation is 1. The van der Waals surface area contributed by atoms with E-state index in [0.717, 1.165) is 34.3 Å². The molecule has 0 bridgehead atoms. The van der Waals surface area contributed by atoms with Gasteiger partial charge in [-0.25, -0.2) is 8.42 Å². The number of fused-ring (bicyclic) bond motifs is 1. The molecule has 1 aliphatic heterocycles. The molecule has 0 saturated heterocycles. The van der Waals surface area contributed by atoms with Gasteiger partial charge in [-0.3, -0.25) is 9.97 Å². The zero-order chi connectivity index (χ0) is 19.0. The van der Waals surface area contributed by atoms with Gasteiger partial charge in [0.1, 0.15) is 0 Å². The third kappa shape index (κ3) is 3.42. The molecular formula is C20H20N4O2S. The van der Waals surface area contributed by atoms with Crippen molar-refractivity contribution in [3.8, 4) is 0 Å². The summed E-state index contributed by atoms with van der Waals surface area (Å²) >= 11 is 0. The van der Waals surface area contributed by atoms with Gasteiger partial charge >= 0.3 is 0 Å². The molecule has 2 heterocycles. The average Bonchev–Trinajstić information content (AvgIpc) is 3.14. The Hall–Kier alpha value is -2.80. The third-order valence-electron chi connectivity index (χ3n) is 4.79. The molecule has 1 aliphatic rings. The number of nitrogens with zero attached hydrogens (tertiary/aromatic N) is 4. The summed E-state index contributed by atoms with van der Waals surface area (Å²) in [5.41, 5.74) is 5.33. The molecule has 0 spiro atoms. The normalized spacial score (nSPS) is 17.3. The van der Waals surface area contributed by atoms with Crippen molar-refractivity contribution in [2.24, 2.45) is 5.10 Å². The topological polar surface area (TPSA) is 75.5 Å². The third-order valence-corrected chi connectivity index (χ3v) is 5.80. The van der Waals surface area contributed by atoms with Crippen LogP contribution in [0.15, 0.2) is 60.0 Å². The van der Waals surface area contributed by atoms with E-state index in [-0.39, 0.29) is 6.04 Å². The number of hydrogen-bond acceptors (Lipinski definition) is 5. The smallest absolute Gasteiger partial charge is 0.247 e. The maximum Gasteiger partial charge on any atom is 0.247 e. The van der Waals surface area contributed by atoms with Crippen LogP contribution in [0.25, 0.3) is 11.0 Å². The molecule has 0 saturated carbocycles. The van der Waals surface area contributed by atoms with Crippen LogP contribution in [0, 0.1) is 0 Å². The van der Waals surface area contributed by atoms with E-state index in [1.807, 2.05) is 30.3 Å². The first-order chi connectivity index (χ1) is 13.0. The van der Waals surface area contributed by atoms with Crippen LogP contribution in [0.1, 0.15) is 36.1 Å². The minimum Gasteiger partial charge on any atom is -0.253 e.